The lowest BCUT2D eigenvalue weighted by atomic mass is 10.3. The van der Waals surface area contributed by atoms with E-state index in [1.807, 2.05) is 30.3 Å². The number of thiol groups is 1. The molecule has 2 rings (SSSR count). The van der Waals surface area contributed by atoms with Gasteiger partial charge in [0.2, 0.25) is 5.16 Å². The van der Waals surface area contributed by atoms with Gasteiger partial charge in [0.05, 0.1) is 5.69 Å². The van der Waals surface area contributed by atoms with Crippen LogP contribution in [0.2, 0.25) is 0 Å². The van der Waals surface area contributed by atoms with Gasteiger partial charge in [-0.3, -0.25) is 0 Å². The average molecular weight is 178 g/mol. The highest BCUT2D eigenvalue weighted by Gasteiger charge is 1.98. The molecule has 0 unspecified atom stereocenters. The van der Waals surface area contributed by atoms with Crippen LogP contribution in [0, 0.1) is 0 Å². The zero-order valence-electron chi connectivity index (χ0n) is 6.12. The van der Waals surface area contributed by atoms with Crippen molar-refractivity contribution in [3.63, 3.8) is 0 Å². The van der Waals surface area contributed by atoms with Crippen LogP contribution in [0.5, 0.6) is 0 Å². The van der Waals surface area contributed by atoms with Crippen LogP contribution in [0.25, 0.3) is 5.69 Å². The van der Waals surface area contributed by atoms with Crippen LogP contribution >= 0.6 is 12.6 Å². The lowest BCUT2D eigenvalue weighted by Crippen LogP contribution is -1.97. The quantitative estimate of drug-likeness (QED) is 0.661. The fraction of sp³-hybridized carbons (Fsp3) is 0. The van der Waals surface area contributed by atoms with E-state index in [0.29, 0.717) is 5.16 Å². The van der Waals surface area contributed by atoms with E-state index in [2.05, 4.69) is 28.0 Å². The molecule has 1 heterocycles. The van der Waals surface area contributed by atoms with Gasteiger partial charge in [-0.15, -0.1) is 15.0 Å². The summed E-state index contributed by atoms with van der Waals surface area (Å²) in [5.41, 5.74) is 0.880. The van der Waals surface area contributed by atoms with E-state index >= 15 is 0 Å². The Bertz CT molecular complexity index is 370. The Morgan fingerprint density at radius 2 is 1.92 bits per heavy atom. The maximum atomic E-state index is 3.95. The van der Waals surface area contributed by atoms with Crippen molar-refractivity contribution >= 4 is 12.6 Å². The molecule has 0 aliphatic rings. The number of rotatable bonds is 1. The van der Waals surface area contributed by atoms with Crippen molar-refractivity contribution in [2.75, 3.05) is 0 Å². The number of aromatic nitrogens is 4. The van der Waals surface area contributed by atoms with Crippen molar-refractivity contribution in [3.8, 4) is 5.69 Å². The van der Waals surface area contributed by atoms with E-state index in [-0.39, 0.29) is 0 Å². The van der Waals surface area contributed by atoms with Gasteiger partial charge < -0.3 is 0 Å². The molecule has 0 atom stereocenters. The molecule has 0 aliphatic heterocycles. The predicted molar refractivity (Wildman–Crippen MR) is 46.4 cm³/mol. The molecule has 0 radical (unpaired) electrons. The molecule has 0 saturated heterocycles. The van der Waals surface area contributed by atoms with Crippen molar-refractivity contribution in [1.82, 2.24) is 20.2 Å². The first kappa shape index (κ1) is 7.30. The fourth-order valence-corrected chi connectivity index (χ4v) is 1.00. The summed E-state index contributed by atoms with van der Waals surface area (Å²) in [6, 6.07) is 9.56. The summed E-state index contributed by atoms with van der Waals surface area (Å²) in [7, 11) is 0. The fourth-order valence-electron chi connectivity index (χ4n) is 0.878. The number of tetrazole rings is 1. The molecule has 2 aromatic rings. The third kappa shape index (κ3) is 1.31. The highest BCUT2D eigenvalue weighted by molar-refractivity contribution is 7.80. The summed E-state index contributed by atoms with van der Waals surface area (Å²) in [5, 5.41) is 11.7. The van der Waals surface area contributed by atoms with E-state index in [1.165, 1.54) is 4.80 Å². The second kappa shape index (κ2) is 2.94. The van der Waals surface area contributed by atoms with Crippen molar-refractivity contribution in [3.05, 3.63) is 30.3 Å². The first-order valence-electron chi connectivity index (χ1n) is 3.41. The second-order valence-electron chi connectivity index (χ2n) is 2.21. The van der Waals surface area contributed by atoms with Crippen molar-refractivity contribution in [2.45, 2.75) is 5.16 Å². The van der Waals surface area contributed by atoms with Crippen LogP contribution in [0.4, 0.5) is 0 Å². The molecule has 0 aliphatic carbocycles. The van der Waals surface area contributed by atoms with Gasteiger partial charge >= 0.3 is 0 Å². The molecule has 0 bridgehead atoms. The van der Waals surface area contributed by atoms with Crippen molar-refractivity contribution in [2.24, 2.45) is 0 Å². The summed E-state index contributed by atoms with van der Waals surface area (Å²) < 4.78 is 0. The molecule has 0 fully saturated rings. The molecule has 1 aromatic carbocycles. The highest BCUT2D eigenvalue weighted by Crippen LogP contribution is 2.03. The zero-order valence-corrected chi connectivity index (χ0v) is 7.02. The molecule has 60 valence electrons. The molecular weight excluding hydrogens is 172 g/mol. The Hall–Kier alpha value is -1.36. The van der Waals surface area contributed by atoms with E-state index in [9.17, 15) is 0 Å². The number of benzene rings is 1. The predicted octanol–water partition coefficient (Wildman–Crippen LogP) is 0.951. The first-order valence-corrected chi connectivity index (χ1v) is 3.85. The van der Waals surface area contributed by atoms with Gasteiger partial charge in [-0.25, -0.2) is 0 Å². The summed E-state index contributed by atoms with van der Waals surface area (Å²) in [4.78, 5) is 1.43. The van der Waals surface area contributed by atoms with E-state index in [1.54, 1.807) is 0 Å². The summed E-state index contributed by atoms with van der Waals surface area (Å²) in [6.45, 7) is 0. The van der Waals surface area contributed by atoms with Crippen LogP contribution in [0.1, 0.15) is 0 Å². The van der Waals surface area contributed by atoms with Gasteiger partial charge in [0, 0.05) is 0 Å². The molecule has 5 heteroatoms. The lowest BCUT2D eigenvalue weighted by Gasteiger charge is -1.94. The van der Waals surface area contributed by atoms with E-state index in [4.69, 9.17) is 0 Å². The smallest absolute Gasteiger partial charge is 0.130 e. The Labute approximate surface area is 74.6 Å². The topological polar surface area (TPSA) is 43.6 Å². The highest BCUT2D eigenvalue weighted by atomic mass is 32.1. The molecular formula is C7H6N4S. The average Bonchev–Trinajstić information content (AvgIpc) is 2.54. The monoisotopic (exact) mass is 178 g/mol. The minimum absolute atomic E-state index is 0.374. The van der Waals surface area contributed by atoms with Gasteiger partial charge in [-0.05, 0) is 17.3 Å². The Kier molecular flexibility index (Phi) is 1.79. The minimum Gasteiger partial charge on any atom is -0.130 e. The molecule has 12 heavy (non-hydrogen) atoms. The molecule has 1 aromatic heterocycles. The lowest BCUT2D eigenvalue weighted by molar-refractivity contribution is 0.717. The number of para-hydroxylation sites is 1. The molecule has 0 saturated carbocycles. The van der Waals surface area contributed by atoms with Crippen LogP contribution in [-0.2, 0) is 0 Å². The molecule has 4 nitrogen and oxygen atoms in total. The Morgan fingerprint density at radius 3 is 2.50 bits per heavy atom. The number of nitrogens with zero attached hydrogens (tertiary/aromatic N) is 4. The van der Waals surface area contributed by atoms with Gasteiger partial charge in [0.15, 0.2) is 0 Å². The molecule has 0 amide bonds. The van der Waals surface area contributed by atoms with Crippen molar-refractivity contribution < 1.29 is 0 Å². The van der Waals surface area contributed by atoms with Crippen molar-refractivity contribution in [1.29, 1.82) is 0 Å². The van der Waals surface area contributed by atoms with Crippen LogP contribution in [0.3, 0.4) is 0 Å². The standard InChI is InChI=1S/C7H6N4S/c12-7-8-10-11(9-7)6-4-2-1-3-5-6/h1-5H,(H,9,12). The van der Waals surface area contributed by atoms with Gasteiger partial charge in [-0.2, -0.15) is 0 Å². The Morgan fingerprint density at radius 1 is 1.17 bits per heavy atom. The molecule has 0 N–H and O–H groups in total. The van der Waals surface area contributed by atoms with Crippen LogP contribution < -0.4 is 0 Å². The summed E-state index contributed by atoms with van der Waals surface area (Å²) >= 11 is 3.95. The number of hydrogen-bond donors (Lipinski definition) is 1. The van der Waals surface area contributed by atoms with Crippen LogP contribution in [0.15, 0.2) is 35.5 Å². The van der Waals surface area contributed by atoms with Crippen LogP contribution in [-0.4, -0.2) is 20.2 Å². The van der Waals surface area contributed by atoms with E-state index < -0.39 is 0 Å². The SMILES string of the molecule is Sc1nnn(-c2ccccc2)n1. The molecule has 0 spiro atoms. The largest absolute Gasteiger partial charge is 0.228 e. The van der Waals surface area contributed by atoms with E-state index in [0.717, 1.165) is 5.69 Å². The maximum Gasteiger partial charge on any atom is 0.228 e. The Balaban J connectivity index is 2.45. The third-order valence-corrected chi connectivity index (χ3v) is 1.57. The normalized spacial score (nSPS) is 10.1. The number of hydrogen-bond acceptors (Lipinski definition) is 4. The first-order chi connectivity index (χ1) is 5.86. The summed E-state index contributed by atoms with van der Waals surface area (Å²) in [6.07, 6.45) is 0. The van der Waals surface area contributed by atoms with Gasteiger partial charge in [0.1, 0.15) is 0 Å². The third-order valence-electron chi connectivity index (χ3n) is 1.39. The van der Waals surface area contributed by atoms with Gasteiger partial charge in [-0.1, -0.05) is 30.8 Å². The zero-order chi connectivity index (χ0) is 8.39. The second-order valence-corrected chi connectivity index (χ2v) is 2.61. The minimum atomic E-state index is 0.374. The van der Waals surface area contributed by atoms with Gasteiger partial charge in [0.25, 0.3) is 0 Å². The maximum absolute atomic E-state index is 3.95. The summed E-state index contributed by atoms with van der Waals surface area (Å²) in [5.74, 6) is 0.